The molecule has 0 radical (unpaired) electrons. The van der Waals surface area contributed by atoms with E-state index in [9.17, 15) is 0 Å². The number of halogens is 1. The van der Waals surface area contributed by atoms with Crippen LogP contribution in [-0.2, 0) is 13.6 Å². The maximum atomic E-state index is 4.75. The Morgan fingerprint density at radius 1 is 1.04 bits per heavy atom. The van der Waals surface area contributed by atoms with Crippen LogP contribution in [-0.4, -0.2) is 77.9 Å². The number of piperazine rings is 1. The fourth-order valence-corrected chi connectivity index (χ4v) is 3.54. The van der Waals surface area contributed by atoms with Gasteiger partial charge in [0.15, 0.2) is 5.96 Å². The number of guanidine groups is 1. The highest BCUT2D eigenvalue weighted by molar-refractivity contribution is 14.0. The zero-order valence-corrected chi connectivity index (χ0v) is 20.8. The fraction of sp³-hybridized carbons (Fsp3) is 0.800. The second-order valence-electron chi connectivity index (χ2n) is 7.38. The third-order valence-electron chi connectivity index (χ3n) is 5.50. The summed E-state index contributed by atoms with van der Waals surface area (Å²) in [6.45, 7) is 18.3. The number of nitrogens with zero attached hydrogens (tertiary/aromatic N) is 5. The van der Waals surface area contributed by atoms with E-state index in [1.807, 2.05) is 11.7 Å². The van der Waals surface area contributed by atoms with Crippen molar-refractivity contribution in [3.05, 3.63) is 17.0 Å². The number of likely N-dealkylation sites (N-methyl/N-ethyl adjacent to an activating group) is 1. The predicted molar refractivity (Wildman–Crippen MR) is 129 cm³/mol. The number of nitrogens with one attached hydrogen (secondary N) is 2. The van der Waals surface area contributed by atoms with Crippen molar-refractivity contribution in [2.24, 2.45) is 12.0 Å². The van der Waals surface area contributed by atoms with E-state index in [-0.39, 0.29) is 24.0 Å². The lowest BCUT2D eigenvalue weighted by atomic mass is 10.2. The van der Waals surface area contributed by atoms with E-state index >= 15 is 0 Å². The highest BCUT2D eigenvalue weighted by Gasteiger charge is 2.14. The van der Waals surface area contributed by atoms with Gasteiger partial charge >= 0.3 is 0 Å². The molecule has 2 rings (SSSR count). The third-order valence-corrected chi connectivity index (χ3v) is 5.50. The van der Waals surface area contributed by atoms with Gasteiger partial charge in [0.25, 0.3) is 0 Å². The van der Waals surface area contributed by atoms with Crippen LogP contribution in [0, 0.1) is 13.8 Å². The lowest BCUT2D eigenvalue weighted by Gasteiger charge is -2.34. The van der Waals surface area contributed by atoms with E-state index in [1.165, 1.54) is 63.4 Å². The van der Waals surface area contributed by atoms with Crippen LogP contribution in [0.2, 0.25) is 0 Å². The Bertz CT molecular complexity index is 592. The molecule has 1 aliphatic heterocycles. The molecule has 0 spiro atoms. The van der Waals surface area contributed by atoms with Gasteiger partial charge in [-0.2, -0.15) is 5.10 Å². The summed E-state index contributed by atoms with van der Waals surface area (Å²) in [5.41, 5.74) is 3.48. The molecule has 0 aliphatic carbocycles. The molecule has 0 saturated carbocycles. The lowest BCUT2D eigenvalue weighted by Crippen LogP contribution is -2.46. The average Bonchev–Trinajstić information content (AvgIpc) is 2.91. The van der Waals surface area contributed by atoms with Crippen LogP contribution in [0.3, 0.4) is 0 Å². The van der Waals surface area contributed by atoms with Gasteiger partial charge in [0.1, 0.15) is 0 Å². The van der Waals surface area contributed by atoms with E-state index in [1.54, 1.807) is 0 Å². The van der Waals surface area contributed by atoms with E-state index in [0.717, 1.165) is 24.7 Å². The molecule has 7 nitrogen and oxygen atoms in total. The van der Waals surface area contributed by atoms with Crippen molar-refractivity contribution in [2.45, 2.75) is 47.1 Å². The van der Waals surface area contributed by atoms with Crippen LogP contribution < -0.4 is 10.6 Å². The zero-order valence-electron chi connectivity index (χ0n) is 18.4. The van der Waals surface area contributed by atoms with Gasteiger partial charge in [0.2, 0.25) is 0 Å². The van der Waals surface area contributed by atoms with Crippen LogP contribution in [0.4, 0.5) is 0 Å². The first-order valence-corrected chi connectivity index (χ1v) is 10.5. The van der Waals surface area contributed by atoms with Crippen molar-refractivity contribution in [3.8, 4) is 0 Å². The molecule has 8 heteroatoms. The second-order valence-corrected chi connectivity index (χ2v) is 7.38. The number of unbranched alkanes of at least 4 members (excludes halogenated alkanes) is 1. The molecule has 2 heterocycles. The topological polar surface area (TPSA) is 60.7 Å². The van der Waals surface area contributed by atoms with Crippen molar-refractivity contribution < 1.29 is 0 Å². The summed E-state index contributed by atoms with van der Waals surface area (Å²) in [6.07, 6.45) is 2.41. The third kappa shape index (κ3) is 7.87. The monoisotopic (exact) mass is 505 g/mol. The second kappa shape index (κ2) is 13.4. The van der Waals surface area contributed by atoms with Crippen LogP contribution in [0.5, 0.6) is 0 Å². The molecular weight excluding hydrogens is 465 g/mol. The largest absolute Gasteiger partial charge is 0.357 e. The quantitative estimate of drug-likeness (QED) is 0.233. The molecule has 0 amide bonds. The van der Waals surface area contributed by atoms with Gasteiger partial charge in [-0.15, -0.1) is 24.0 Å². The molecule has 1 saturated heterocycles. The number of rotatable bonds is 9. The lowest BCUT2D eigenvalue weighted by molar-refractivity contribution is 0.136. The molecule has 0 unspecified atom stereocenters. The number of hydrogen-bond acceptors (Lipinski definition) is 4. The molecule has 0 bridgehead atoms. The number of aromatic nitrogens is 2. The number of aryl methyl sites for hydroxylation is 2. The Kier molecular flexibility index (Phi) is 12.0. The van der Waals surface area contributed by atoms with Gasteiger partial charge in [-0.25, -0.2) is 4.99 Å². The van der Waals surface area contributed by atoms with E-state index < -0.39 is 0 Å². The first-order valence-electron chi connectivity index (χ1n) is 10.5. The normalized spacial score (nSPS) is 16.1. The van der Waals surface area contributed by atoms with Gasteiger partial charge in [0, 0.05) is 57.6 Å². The van der Waals surface area contributed by atoms with Gasteiger partial charge < -0.3 is 20.4 Å². The molecule has 28 heavy (non-hydrogen) atoms. The molecule has 1 aromatic heterocycles. The maximum Gasteiger partial charge on any atom is 0.191 e. The minimum atomic E-state index is 0. The van der Waals surface area contributed by atoms with E-state index in [0.29, 0.717) is 6.54 Å². The summed E-state index contributed by atoms with van der Waals surface area (Å²) in [7, 11) is 1.99. The summed E-state index contributed by atoms with van der Waals surface area (Å²) in [6, 6.07) is 0. The minimum absolute atomic E-state index is 0. The highest BCUT2D eigenvalue weighted by atomic mass is 127. The number of aliphatic imine (C=N–C) groups is 1. The standard InChI is InChI=1S/C20H39N7.HI/c1-6-21-20(23-16-19-17(3)24-25(5)18(19)4)22-10-8-9-11-27-14-12-26(7-2)13-15-27;/h6-16H2,1-5H3,(H2,21,22,23);1H. The molecule has 0 atom stereocenters. The first-order chi connectivity index (χ1) is 13.0. The molecule has 0 aromatic carbocycles. The van der Waals surface area contributed by atoms with Crippen molar-refractivity contribution in [1.82, 2.24) is 30.2 Å². The van der Waals surface area contributed by atoms with Crippen LogP contribution in [0.25, 0.3) is 0 Å². The molecule has 162 valence electrons. The summed E-state index contributed by atoms with van der Waals surface area (Å²) in [5.74, 6) is 0.900. The molecule has 1 fully saturated rings. The molecular formula is C20H40IN7. The SMILES string of the molecule is CCNC(=NCc1c(C)nn(C)c1C)NCCCCN1CCN(CC)CC1.I. The first kappa shape index (κ1) is 25.2. The van der Waals surface area contributed by atoms with Crippen LogP contribution >= 0.6 is 24.0 Å². The zero-order chi connectivity index (χ0) is 19.6. The van der Waals surface area contributed by atoms with Crippen molar-refractivity contribution in [3.63, 3.8) is 0 Å². The Hall–Kier alpha value is -0.870. The molecule has 1 aromatic rings. The maximum absolute atomic E-state index is 4.75. The van der Waals surface area contributed by atoms with Gasteiger partial charge in [-0.05, 0) is 46.7 Å². The van der Waals surface area contributed by atoms with Crippen LogP contribution in [0.1, 0.15) is 43.6 Å². The molecule has 1 aliphatic rings. The number of hydrogen-bond donors (Lipinski definition) is 2. The van der Waals surface area contributed by atoms with Gasteiger partial charge in [0.05, 0.1) is 12.2 Å². The summed E-state index contributed by atoms with van der Waals surface area (Å²) >= 11 is 0. The smallest absolute Gasteiger partial charge is 0.191 e. The van der Waals surface area contributed by atoms with E-state index in [2.05, 4.69) is 53.2 Å². The Morgan fingerprint density at radius 3 is 2.29 bits per heavy atom. The Morgan fingerprint density at radius 2 is 1.71 bits per heavy atom. The summed E-state index contributed by atoms with van der Waals surface area (Å²) in [5, 5.41) is 11.3. The van der Waals surface area contributed by atoms with Crippen molar-refractivity contribution in [1.29, 1.82) is 0 Å². The summed E-state index contributed by atoms with van der Waals surface area (Å²) in [4.78, 5) is 9.88. The van der Waals surface area contributed by atoms with E-state index in [4.69, 9.17) is 4.99 Å². The predicted octanol–water partition coefficient (Wildman–Crippen LogP) is 2.13. The van der Waals surface area contributed by atoms with Crippen molar-refractivity contribution >= 4 is 29.9 Å². The Balaban J connectivity index is 0.00000392. The summed E-state index contributed by atoms with van der Waals surface area (Å²) < 4.78 is 1.93. The fourth-order valence-electron chi connectivity index (χ4n) is 3.54. The van der Waals surface area contributed by atoms with Crippen LogP contribution in [0.15, 0.2) is 4.99 Å². The van der Waals surface area contributed by atoms with Gasteiger partial charge in [-0.3, -0.25) is 4.68 Å². The van der Waals surface area contributed by atoms with Crippen molar-refractivity contribution in [2.75, 3.05) is 52.4 Å². The Labute approximate surface area is 188 Å². The minimum Gasteiger partial charge on any atom is -0.357 e. The highest BCUT2D eigenvalue weighted by Crippen LogP contribution is 2.12. The average molecular weight is 505 g/mol. The van der Waals surface area contributed by atoms with Gasteiger partial charge in [-0.1, -0.05) is 6.92 Å². The molecule has 2 N–H and O–H groups in total.